The molecule has 8 unspecified atom stereocenters. The molecule has 3 heterocycles. The van der Waals surface area contributed by atoms with Crippen molar-refractivity contribution >= 4 is 11.0 Å². The fourth-order valence-corrected chi connectivity index (χ4v) is 4.84. The first kappa shape index (κ1) is 30.2. The van der Waals surface area contributed by atoms with Crippen LogP contribution < -0.4 is 19.6 Å². The molecule has 2 fully saturated rings. The van der Waals surface area contributed by atoms with Gasteiger partial charge in [-0.05, 0) is 23.8 Å². The average Bonchev–Trinajstić information content (AvgIpc) is 3.29. The summed E-state index contributed by atoms with van der Waals surface area (Å²) in [6.45, 7) is -1.98. The third-order valence-electron chi connectivity index (χ3n) is 7.40. The minimum atomic E-state index is -2.02. The summed E-state index contributed by atoms with van der Waals surface area (Å²) in [5.74, 6) is 0.694. The highest BCUT2D eigenvalue weighted by atomic mass is 16.8. The number of fused-ring (bicyclic) bond motifs is 1. The van der Waals surface area contributed by atoms with E-state index in [4.69, 9.17) is 32.8 Å². The zero-order valence-corrected chi connectivity index (χ0v) is 22.7. The lowest BCUT2D eigenvalue weighted by Gasteiger charge is -2.42. The molecular weight excluding hydrogens is 560 g/mol. The van der Waals surface area contributed by atoms with E-state index in [1.807, 2.05) is 0 Å². The summed E-state index contributed by atoms with van der Waals surface area (Å²) < 4.78 is 39.0. The van der Waals surface area contributed by atoms with Crippen molar-refractivity contribution in [1.29, 1.82) is 0 Å². The van der Waals surface area contributed by atoms with Crippen LogP contribution in [0.25, 0.3) is 22.1 Å². The monoisotopic (exact) mass is 592 g/mol. The second-order valence-corrected chi connectivity index (χ2v) is 10.0. The summed E-state index contributed by atoms with van der Waals surface area (Å²) in [5.41, 5.74) is -1.33. The fraction of sp³-hybridized carbons (Fsp3) is 0.464. The van der Waals surface area contributed by atoms with Crippen molar-refractivity contribution < 1.29 is 63.5 Å². The molecule has 42 heavy (non-hydrogen) atoms. The molecule has 1 aromatic heterocycles. The second kappa shape index (κ2) is 12.1. The van der Waals surface area contributed by atoms with Crippen molar-refractivity contribution in [2.45, 2.75) is 48.7 Å². The lowest BCUT2D eigenvalue weighted by molar-refractivity contribution is -0.319. The van der Waals surface area contributed by atoms with E-state index in [9.17, 15) is 35.4 Å². The van der Waals surface area contributed by atoms with E-state index in [0.29, 0.717) is 16.9 Å². The van der Waals surface area contributed by atoms with Crippen LogP contribution in [0.15, 0.2) is 51.9 Å². The Hall–Kier alpha value is -3.31. The fourth-order valence-electron chi connectivity index (χ4n) is 4.84. The van der Waals surface area contributed by atoms with E-state index in [2.05, 4.69) is 0 Å². The Balaban J connectivity index is 1.47. The molecule has 2 saturated heterocycles. The number of ether oxygens (including phenoxy) is 6. The molecule has 2 aliphatic rings. The number of hydrogen-bond donors (Lipinski definition) is 6. The summed E-state index contributed by atoms with van der Waals surface area (Å²) in [4.78, 5) is 13.4. The normalized spacial score (nSPS) is 31.3. The number of aliphatic hydroxyl groups is 6. The SMILES string of the molecule is COc1ccc(-c2coc3cc(OC4OC(CO)C(O)C(O)C4OC4OCC(O)(CO)C4O)c(OC)cc3c2=O)cc1. The smallest absolute Gasteiger partial charge is 0.229 e. The number of methoxy groups -OCH3 is 2. The van der Waals surface area contributed by atoms with Crippen LogP contribution in [-0.4, -0.2) is 113 Å². The largest absolute Gasteiger partial charge is 0.497 e. The van der Waals surface area contributed by atoms with E-state index in [1.54, 1.807) is 24.3 Å². The highest BCUT2D eigenvalue weighted by Crippen LogP contribution is 2.37. The molecule has 0 bridgehead atoms. The molecule has 8 atom stereocenters. The van der Waals surface area contributed by atoms with Crippen molar-refractivity contribution in [2.24, 2.45) is 0 Å². The van der Waals surface area contributed by atoms with E-state index in [1.165, 1.54) is 32.6 Å². The molecule has 0 amide bonds. The average molecular weight is 593 g/mol. The van der Waals surface area contributed by atoms with Crippen LogP contribution in [0.3, 0.4) is 0 Å². The predicted octanol–water partition coefficient (Wildman–Crippen LogP) is -0.879. The summed E-state index contributed by atoms with van der Waals surface area (Å²) >= 11 is 0. The zero-order chi connectivity index (χ0) is 30.2. The van der Waals surface area contributed by atoms with Gasteiger partial charge in [0, 0.05) is 6.07 Å². The first-order chi connectivity index (χ1) is 20.1. The van der Waals surface area contributed by atoms with Gasteiger partial charge in [-0.15, -0.1) is 0 Å². The van der Waals surface area contributed by atoms with Crippen LogP contribution >= 0.6 is 0 Å². The topological polar surface area (TPSA) is 207 Å². The highest BCUT2D eigenvalue weighted by Gasteiger charge is 2.53. The van der Waals surface area contributed by atoms with Gasteiger partial charge in [-0.25, -0.2) is 0 Å². The zero-order valence-electron chi connectivity index (χ0n) is 22.7. The molecule has 5 rings (SSSR count). The van der Waals surface area contributed by atoms with Crippen LogP contribution in [0.5, 0.6) is 17.2 Å². The van der Waals surface area contributed by atoms with E-state index < -0.39 is 68.5 Å². The maximum Gasteiger partial charge on any atom is 0.229 e. The maximum atomic E-state index is 13.4. The highest BCUT2D eigenvalue weighted by molar-refractivity contribution is 5.84. The van der Waals surface area contributed by atoms with Gasteiger partial charge < -0.3 is 63.5 Å². The third-order valence-corrected chi connectivity index (χ3v) is 7.40. The van der Waals surface area contributed by atoms with Gasteiger partial charge >= 0.3 is 0 Å². The second-order valence-electron chi connectivity index (χ2n) is 10.0. The van der Waals surface area contributed by atoms with Crippen molar-refractivity contribution in [3.63, 3.8) is 0 Å². The van der Waals surface area contributed by atoms with Crippen molar-refractivity contribution in [2.75, 3.05) is 34.0 Å². The standard InChI is InChI=1S/C28H32O14/c1-36-14-5-3-13(4-6-14)16-10-38-17-8-19(18(37-2)7-15(17)21(16)31)40-26-24(23(33)22(32)20(9-29)41-26)42-27-25(34)28(35,11-30)12-39-27/h3-8,10,20,22-27,29-30,32-35H,9,11-12H2,1-2H3. The van der Waals surface area contributed by atoms with E-state index in [-0.39, 0.29) is 27.9 Å². The molecule has 2 aliphatic heterocycles. The Morgan fingerprint density at radius 1 is 0.976 bits per heavy atom. The summed E-state index contributed by atoms with van der Waals surface area (Å²) in [6.07, 6.45) is -9.64. The molecule has 0 radical (unpaired) electrons. The molecule has 228 valence electrons. The first-order valence-electron chi connectivity index (χ1n) is 13.0. The lowest BCUT2D eigenvalue weighted by Crippen LogP contribution is -2.62. The number of benzene rings is 2. The van der Waals surface area contributed by atoms with Crippen LogP contribution in [-0.2, 0) is 14.2 Å². The summed E-state index contributed by atoms with van der Waals surface area (Å²) in [7, 11) is 2.87. The van der Waals surface area contributed by atoms with Gasteiger partial charge in [0.05, 0.1) is 45.0 Å². The predicted molar refractivity (Wildman–Crippen MR) is 142 cm³/mol. The van der Waals surface area contributed by atoms with Crippen LogP contribution in [0.2, 0.25) is 0 Å². The first-order valence-corrected chi connectivity index (χ1v) is 13.0. The molecule has 0 spiro atoms. The van der Waals surface area contributed by atoms with Gasteiger partial charge in [-0.2, -0.15) is 0 Å². The van der Waals surface area contributed by atoms with Crippen molar-refractivity contribution in [3.8, 4) is 28.4 Å². The minimum absolute atomic E-state index is 0.0102. The van der Waals surface area contributed by atoms with Crippen LogP contribution in [0.4, 0.5) is 0 Å². The van der Waals surface area contributed by atoms with Gasteiger partial charge in [0.1, 0.15) is 47.6 Å². The Kier molecular flexibility index (Phi) is 8.71. The maximum absolute atomic E-state index is 13.4. The molecule has 6 N–H and O–H groups in total. The summed E-state index contributed by atoms with van der Waals surface area (Å²) in [6, 6.07) is 9.63. The van der Waals surface area contributed by atoms with Gasteiger partial charge in [-0.1, -0.05) is 12.1 Å². The van der Waals surface area contributed by atoms with Crippen LogP contribution in [0.1, 0.15) is 0 Å². The van der Waals surface area contributed by atoms with Crippen molar-refractivity contribution in [3.05, 3.63) is 52.9 Å². The third kappa shape index (κ3) is 5.44. The Morgan fingerprint density at radius 2 is 1.71 bits per heavy atom. The van der Waals surface area contributed by atoms with Gasteiger partial charge in [0.2, 0.25) is 11.7 Å². The molecule has 0 aliphatic carbocycles. The van der Waals surface area contributed by atoms with Gasteiger partial charge in [0.15, 0.2) is 23.9 Å². The van der Waals surface area contributed by atoms with E-state index >= 15 is 0 Å². The van der Waals surface area contributed by atoms with Gasteiger partial charge in [-0.3, -0.25) is 4.79 Å². The van der Waals surface area contributed by atoms with Crippen molar-refractivity contribution in [1.82, 2.24) is 0 Å². The number of aliphatic hydroxyl groups excluding tert-OH is 5. The quantitative estimate of drug-likeness (QED) is 0.178. The molecular formula is C28H32O14. The molecule has 0 saturated carbocycles. The van der Waals surface area contributed by atoms with E-state index in [0.717, 1.165) is 0 Å². The van der Waals surface area contributed by atoms with Gasteiger partial charge in [0.25, 0.3) is 0 Å². The number of rotatable bonds is 9. The molecule has 14 heteroatoms. The minimum Gasteiger partial charge on any atom is -0.497 e. The lowest BCUT2D eigenvalue weighted by atomic mass is 9.98. The Bertz CT molecular complexity index is 1440. The number of hydrogen-bond acceptors (Lipinski definition) is 14. The molecule has 2 aromatic carbocycles. The Morgan fingerprint density at radius 3 is 2.33 bits per heavy atom. The Labute approximate surface area is 238 Å². The molecule has 3 aromatic rings. The summed E-state index contributed by atoms with van der Waals surface area (Å²) in [5, 5.41) is 61.3. The molecule has 14 nitrogen and oxygen atoms in total. The van der Waals surface area contributed by atoms with Crippen LogP contribution in [0, 0.1) is 0 Å².